The van der Waals surface area contributed by atoms with E-state index >= 15 is 0 Å². The summed E-state index contributed by atoms with van der Waals surface area (Å²) in [6.45, 7) is 7.09. The molecule has 1 amide bonds. The van der Waals surface area contributed by atoms with E-state index in [0.29, 0.717) is 37.6 Å². The van der Waals surface area contributed by atoms with Crippen LogP contribution in [0, 0.1) is 0 Å². The van der Waals surface area contributed by atoms with Crippen molar-refractivity contribution in [3.05, 3.63) is 59.7 Å². The molecule has 0 N–H and O–H groups in total. The number of para-hydroxylation sites is 1. The maximum absolute atomic E-state index is 12.8. The molecule has 1 aliphatic heterocycles. The quantitative estimate of drug-likeness (QED) is 0.604. The summed E-state index contributed by atoms with van der Waals surface area (Å²) in [5.41, 5.74) is 2.27. The van der Waals surface area contributed by atoms with Gasteiger partial charge in [-0.05, 0) is 44.2 Å². The standard InChI is InChI=1S/C24H30N2O5/c1-4-30-17-20-16-19(10-11-22(20)29-3)24(28)31-18(2)23(27)26-14-12-25(13-15-26)21-8-6-5-7-9-21/h5-11,16,18H,4,12-15,17H2,1-3H3/t18-/m1/s1. The van der Waals surface area contributed by atoms with Crippen LogP contribution in [0.5, 0.6) is 5.75 Å². The van der Waals surface area contributed by atoms with E-state index in [1.54, 1.807) is 37.1 Å². The maximum atomic E-state index is 12.8. The normalized spacial score (nSPS) is 14.8. The Morgan fingerprint density at radius 1 is 1.03 bits per heavy atom. The minimum absolute atomic E-state index is 0.177. The van der Waals surface area contributed by atoms with Gasteiger partial charge >= 0.3 is 5.97 Å². The number of amides is 1. The molecule has 0 aliphatic carbocycles. The van der Waals surface area contributed by atoms with Crippen LogP contribution in [0.1, 0.15) is 29.8 Å². The molecule has 31 heavy (non-hydrogen) atoms. The number of carbonyl (C=O) groups is 2. The number of benzene rings is 2. The SMILES string of the molecule is CCOCc1cc(C(=O)O[C@H](C)C(=O)N2CCN(c3ccccc3)CC2)ccc1OC. The van der Waals surface area contributed by atoms with Gasteiger partial charge in [0.2, 0.25) is 0 Å². The van der Waals surface area contributed by atoms with Gasteiger partial charge in [-0.2, -0.15) is 0 Å². The van der Waals surface area contributed by atoms with Gasteiger partial charge < -0.3 is 24.0 Å². The summed E-state index contributed by atoms with van der Waals surface area (Å²) >= 11 is 0. The van der Waals surface area contributed by atoms with E-state index in [2.05, 4.69) is 17.0 Å². The van der Waals surface area contributed by atoms with Crippen LogP contribution in [-0.2, 0) is 20.9 Å². The fourth-order valence-corrected chi connectivity index (χ4v) is 3.59. The number of piperazine rings is 1. The Morgan fingerprint density at radius 3 is 2.39 bits per heavy atom. The van der Waals surface area contributed by atoms with Crippen LogP contribution in [0.15, 0.2) is 48.5 Å². The minimum atomic E-state index is -0.854. The van der Waals surface area contributed by atoms with E-state index in [-0.39, 0.29) is 5.91 Å². The fourth-order valence-electron chi connectivity index (χ4n) is 3.59. The van der Waals surface area contributed by atoms with Crippen LogP contribution in [0.25, 0.3) is 0 Å². The third-order valence-corrected chi connectivity index (χ3v) is 5.32. The van der Waals surface area contributed by atoms with E-state index in [9.17, 15) is 9.59 Å². The van der Waals surface area contributed by atoms with Crippen molar-refractivity contribution in [3.63, 3.8) is 0 Å². The number of methoxy groups -OCH3 is 1. The predicted molar refractivity (Wildman–Crippen MR) is 118 cm³/mol. The smallest absolute Gasteiger partial charge is 0.338 e. The largest absolute Gasteiger partial charge is 0.496 e. The van der Waals surface area contributed by atoms with Gasteiger partial charge in [-0.25, -0.2) is 4.79 Å². The topological polar surface area (TPSA) is 68.3 Å². The Morgan fingerprint density at radius 2 is 1.74 bits per heavy atom. The third kappa shape index (κ3) is 5.76. The molecule has 3 rings (SSSR count). The fraction of sp³-hybridized carbons (Fsp3) is 0.417. The molecule has 0 saturated carbocycles. The average Bonchev–Trinajstić information content (AvgIpc) is 2.82. The van der Waals surface area contributed by atoms with Crippen LogP contribution < -0.4 is 9.64 Å². The van der Waals surface area contributed by atoms with E-state index in [1.807, 2.05) is 25.1 Å². The van der Waals surface area contributed by atoms with Crippen LogP contribution in [-0.4, -0.2) is 62.8 Å². The molecule has 7 nitrogen and oxygen atoms in total. The van der Waals surface area contributed by atoms with Crippen molar-refractivity contribution in [1.29, 1.82) is 0 Å². The molecule has 0 spiro atoms. The monoisotopic (exact) mass is 426 g/mol. The number of ether oxygens (including phenoxy) is 3. The molecule has 2 aromatic carbocycles. The molecule has 7 heteroatoms. The first-order valence-electron chi connectivity index (χ1n) is 10.6. The van der Waals surface area contributed by atoms with Gasteiger partial charge in [0.15, 0.2) is 6.10 Å². The molecule has 0 bridgehead atoms. The van der Waals surface area contributed by atoms with Crippen LogP contribution in [0.3, 0.4) is 0 Å². The third-order valence-electron chi connectivity index (χ3n) is 5.32. The Labute approximate surface area is 183 Å². The Kier molecular flexibility index (Phi) is 7.89. The zero-order valence-corrected chi connectivity index (χ0v) is 18.4. The highest BCUT2D eigenvalue weighted by molar-refractivity contribution is 5.92. The van der Waals surface area contributed by atoms with Gasteiger partial charge in [0.05, 0.1) is 19.3 Å². The van der Waals surface area contributed by atoms with Crippen molar-refractivity contribution in [2.45, 2.75) is 26.6 Å². The molecule has 1 heterocycles. The van der Waals surface area contributed by atoms with Crippen molar-refractivity contribution < 1.29 is 23.8 Å². The van der Waals surface area contributed by atoms with Crippen molar-refractivity contribution in [2.75, 3.05) is 44.8 Å². The van der Waals surface area contributed by atoms with E-state index in [0.717, 1.165) is 24.3 Å². The lowest BCUT2D eigenvalue weighted by Crippen LogP contribution is -2.51. The zero-order chi connectivity index (χ0) is 22.2. The zero-order valence-electron chi connectivity index (χ0n) is 18.4. The highest BCUT2D eigenvalue weighted by Crippen LogP contribution is 2.22. The van der Waals surface area contributed by atoms with Crippen molar-refractivity contribution in [1.82, 2.24) is 4.90 Å². The molecule has 1 aliphatic rings. The maximum Gasteiger partial charge on any atom is 0.338 e. The van der Waals surface area contributed by atoms with Gasteiger partial charge in [-0.1, -0.05) is 18.2 Å². The first-order chi connectivity index (χ1) is 15.0. The van der Waals surface area contributed by atoms with Gasteiger partial charge in [-0.3, -0.25) is 4.79 Å². The second-order valence-corrected chi connectivity index (χ2v) is 7.36. The highest BCUT2D eigenvalue weighted by atomic mass is 16.5. The molecule has 1 atom stereocenters. The van der Waals surface area contributed by atoms with E-state index in [4.69, 9.17) is 14.2 Å². The average molecular weight is 427 g/mol. The Bertz CT molecular complexity index is 879. The van der Waals surface area contributed by atoms with Crippen LogP contribution in [0.2, 0.25) is 0 Å². The number of hydrogen-bond acceptors (Lipinski definition) is 6. The van der Waals surface area contributed by atoms with Crippen LogP contribution in [0.4, 0.5) is 5.69 Å². The summed E-state index contributed by atoms with van der Waals surface area (Å²) < 4.78 is 16.2. The molecule has 0 unspecified atom stereocenters. The van der Waals surface area contributed by atoms with Gasteiger partial charge in [-0.15, -0.1) is 0 Å². The Hall–Kier alpha value is -3.06. The lowest BCUT2D eigenvalue weighted by atomic mass is 10.1. The molecule has 1 saturated heterocycles. The van der Waals surface area contributed by atoms with Crippen LogP contribution >= 0.6 is 0 Å². The summed E-state index contributed by atoms with van der Waals surface area (Å²) in [4.78, 5) is 29.4. The molecule has 1 fully saturated rings. The van der Waals surface area contributed by atoms with Crippen molar-refractivity contribution in [2.24, 2.45) is 0 Å². The number of esters is 1. The lowest BCUT2D eigenvalue weighted by molar-refractivity contribution is -0.140. The number of nitrogens with zero attached hydrogens (tertiary/aromatic N) is 2. The Balaban J connectivity index is 1.56. The van der Waals surface area contributed by atoms with Crippen molar-refractivity contribution >= 4 is 17.6 Å². The summed E-state index contributed by atoms with van der Waals surface area (Å²) in [5, 5.41) is 0. The summed E-state index contributed by atoms with van der Waals surface area (Å²) in [7, 11) is 1.57. The predicted octanol–water partition coefficient (Wildman–Crippen LogP) is 3.13. The molecular formula is C24H30N2O5. The van der Waals surface area contributed by atoms with E-state index in [1.165, 1.54) is 0 Å². The summed E-state index contributed by atoms with van der Waals surface area (Å²) in [5.74, 6) is -0.0706. The molecule has 0 radical (unpaired) electrons. The molecular weight excluding hydrogens is 396 g/mol. The number of carbonyl (C=O) groups excluding carboxylic acids is 2. The second kappa shape index (κ2) is 10.8. The summed E-state index contributed by atoms with van der Waals surface area (Å²) in [6, 6.07) is 15.2. The van der Waals surface area contributed by atoms with E-state index < -0.39 is 12.1 Å². The lowest BCUT2D eigenvalue weighted by Gasteiger charge is -2.37. The highest BCUT2D eigenvalue weighted by Gasteiger charge is 2.27. The molecule has 166 valence electrons. The first-order valence-corrected chi connectivity index (χ1v) is 10.6. The molecule has 0 aromatic heterocycles. The summed E-state index contributed by atoms with van der Waals surface area (Å²) in [6.07, 6.45) is -0.854. The van der Waals surface area contributed by atoms with Crippen molar-refractivity contribution in [3.8, 4) is 5.75 Å². The minimum Gasteiger partial charge on any atom is -0.496 e. The number of hydrogen-bond donors (Lipinski definition) is 0. The van der Waals surface area contributed by atoms with Gasteiger partial charge in [0.1, 0.15) is 5.75 Å². The van der Waals surface area contributed by atoms with Gasteiger partial charge in [0.25, 0.3) is 5.91 Å². The number of rotatable bonds is 8. The van der Waals surface area contributed by atoms with Gasteiger partial charge in [0, 0.05) is 44.0 Å². The first kappa shape index (κ1) is 22.6. The molecule has 2 aromatic rings. The number of anilines is 1. The second-order valence-electron chi connectivity index (χ2n) is 7.36.